The molecule has 0 amide bonds. The minimum Gasteiger partial charge on any atom is -0.398 e. The fourth-order valence-corrected chi connectivity index (χ4v) is 4.46. The molecule has 0 radical (unpaired) electrons. The third-order valence-electron chi connectivity index (χ3n) is 3.43. The van der Waals surface area contributed by atoms with Crippen LogP contribution in [0, 0.1) is 5.92 Å². The molecule has 20 heavy (non-hydrogen) atoms. The van der Waals surface area contributed by atoms with Crippen LogP contribution >= 0.6 is 15.9 Å². The van der Waals surface area contributed by atoms with E-state index in [1.807, 2.05) is 6.92 Å². The Balaban J connectivity index is 2.28. The molecule has 1 heterocycles. The molecule has 0 saturated carbocycles. The molecule has 112 valence electrons. The second-order valence-electron chi connectivity index (χ2n) is 4.87. The van der Waals surface area contributed by atoms with Crippen LogP contribution in [0.25, 0.3) is 0 Å². The Labute approximate surface area is 128 Å². The third-order valence-corrected chi connectivity index (χ3v) is 5.92. The molecule has 1 aromatic carbocycles. The third kappa shape index (κ3) is 3.33. The molecule has 1 unspecified atom stereocenters. The van der Waals surface area contributed by atoms with Gasteiger partial charge in [0.1, 0.15) is 4.90 Å². The monoisotopic (exact) mass is 362 g/mol. The van der Waals surface area contributed by atoms with Crippen molar-refractivity contribution in [2.75, 3.05) is 32.0 Å². The quantitative estimate of drug-likeness (QED) is 0.813. The number of hydrogen-bond acceptors (Lipinski definition) is 4. The molecular formula is C13H19BrN2O3S. The van der Waals surface area contributed by atoms with Crippen LogP contribution in [0.5, 0.6) is 0 Å². The standard InChI is InChI=1S/C13H19BrN2O3S/c1-2-16(8-10-5-6-19-9-10)20(17,18)13-7-11(14)3-4-12(13)15/h3-4,7,10H,2,5-6,8-9,15H2,1H3. The van der Waals surface area contributed by atoms with Gasteiger partial charge in [0.05, 0.1) is 12.3 Å². The van der Waals surface area contributed by atoms with E-state index in [0.717, 1.165) is 6.42 Å². The van der Waals surface area contributed by atoms with Crippen LogP contribution in [-0.4, -0.2) is 39.0 Å². The smallest absolute Gasteiger partial charge is 0.245 e. The Hall–Kier alpha value is -0.630. The SMILES string of the molecule is CCN(CC1CCOC1)S(=O)(=O)c1cc(Br)ccc1N. The number of benzene rings is 1. The second-order valence-corrected chi connectivity index (χ2v) is 7.69. The maximum Gasteiger partial charge on any atom is 0.245 e. The Morgan fingerprint density at radius 1 is 1.50 bits per heavy atom. The molecular weight excluding hydrogens is 344 g/mol. The molecule has 2 rings (SSSR count). The molecule has 0 aromatic heterocycles. The molecule has 1 atom stereocenters. The van der Waals surface area contributed by atoms with Gasteiger partial charge in [-0.1, -0.05) is 22.9 Å². The van der Waals surface area contributed by atoms with E-state index < -0.39 is 10.0 Å². The van der Waals surface area contributed by atoms with E-state index in [1.165, 1.54) is 4.31 Å². The van der Waals surface area contributed by atoms with Gasteiger partial charge in [0, 0.05) is 24.2 Å². The first-order valence-electron chi connectivity index (χ1n) is 6.58. The number of nitrogen functional groups attached to an aromatic ring is 1. The zero-order valence-electron chi connectivity index (χ0n) is 11.4. The van der Waals surface area contributed by atoms with Crippen LogP contribution in [0.1, 0.15) is 13.3 Å². The van der Waals surface area contributed by atoms with Gasteiger partial charge in [0.25, 0.3) is 0 Å². The number of sulfonamides is 1. The summed E-state index contributed by atoms with van der Waals surface area (Å²) in [6.45, 7) is 4.07. The van der Waals surface area contributed by atoms with Crippen molar-refractivity contribution >= 4 is 31.6 Å². The van der Waals surface area contributed by atoms with Crippen molar-refractivity contribution in [3.63, 3.8) is 0 Å². The van der Waals surface area contributed by atoms with Gasteiger partial charge >= 0.3 is 0 Å². The van der Waals surface area contributed by atoms with Crippen molar-refractivity contribution in [2.24, 2.45) is 5.92 Å². The van der Waals surface area contributed by atoms with E-state index in [9.17, 15) is 8.42 Å². The zero-order valence-corrected chi connectivity index (χ0v) is 13.8. The first-order valence-corrected chi connectivity index (χ1v) is 8.81. The van der Waals surface area contributed by atoms with Crippen molar-refractivity contribution in [3.05, 3.63) is 22.7 Å². The molecule has 2 N–H and O–H groups in total. The summed E-state index contributed by atoms with van der Waals surface area (Å²) in [5, 5.41) is 0. The Kier molecular flexibility index (Phi) is 5.06. The average Bonchev–Trinajstić information content (AvgIpc) is 2.91. The summed E-state index contributed by atoms with van der Waals surface area (Å²) in [4.78, 5) is 0.160. The van der Waals surface area contributed by atoms with Gasteiger partial charge in [-0.3, -0.25) is 0 Å². The summed E-state index contributed by atoms with van der Waals surface area (Å²) in [6, 6.07) is 4.89. The topological polar surface area (TPSA) is 72.6 Å². The fraction of sp³-hybridized carbons (Fsp3) is 0.538. The Bertz CT molecular complexity index is 571. The lowest BCUT2D eigenvalue weighted by Gasteiger charge is -2.24. The molecule has 1 aliphatic rings. The summed E-state index contributed by atoms with van der Waals surface area (Å²) < 4.78 is 32.9. The van der Waals surface area contributed by atoms with E-state index in [-0.39, 0.29) is 16.5 Å². The normalized spacial score (nSPS) is 19.6. The number of ether oxygens (including phenoxy) is 1. The van der Waals surface area contributed by atoms with Gasteiger partial charge in [-0.05, 0) is 30.5 Å². The minimum absolute atomic E-state index is 0.160. The van der Waals surface area contributed by atoms with Gasteiger partial charge in [0.2, 0.25) is 10.0 Å². The number of hydrogen-bond donors (Lipinski definition) is 1. The molecule has 5 nitrogen and oxygen atoms in total. The number of anilines is 1. The number of halogens is 1. The largest absolute Gasteiger partial charge is 0.398 e. The van der Waals surface area contributed by atoms with Gasteiger partial charge in [-0.2, -0.15) is 4.31 Å². The predicted octanol–water partition coefficient (Wildman–Crippen LogP) is 2.08. The fourth-order valence-electron chi connectivity index (χ4n) is 2.28. The van der Waals surface area contributed by atoms with Crippen LogP contribution in [0.2, 0.25) is 0 Å². The van der Waals surface area contributed by atoms with Crippen LogP contribution in [0.3, 0.4) is 0 Å². The molecule has 0 aliphatic carbocycles. The number of nitrogens with zero attached hydrogens (tertiary/aromatic N) is 1. The first-order chi connectivity index (χ1) is 9.45. The highest BCUT2D eigenvalue weighted by Gasteiger charge is 2.29. The predicted molar refractivity (Wildman–Crippen MR) is 81.9 cm³/mol. The van der Waals surface area contributed by atoms with Gasteiger partial charge in [-0.15, -0.1) is 0 Å². The van der Waals surface area contributed by atoms with Crippen LogP contribution in [0.4, 0.5) is 5.69 Å². The zero-order chi connectivity index (χ0) is 14.8. The number of rotatable bonds is 5. The maximum absolute atomic E-state index is 12.7. The first kappa shape index (κ1) is 15.8. The van der Waals surface area contributed by atoms with Crippen molar-refractivity contribution in [3.8, 4) is 0 Å². The highest BCUT2D eigenvalue weighted by atomic mass is 79.9. The highest BCUT2D eigenvalue weighted by Crippen LogP contribution is 2.27. The van der Waals surface area contributed by atoms with Crippen molar-refractivity contribution in [1.29, 1.82) is 0 Å². The van der Waals surface area contributed by atoms with Crippen molar-refractivity contribution in [2.45, 2.75) is 18.2 Å². The molecule has 7 heteroatoms. The second kappa shape index (κ2) is 6.43. The van der Waals surface area contributed by atoms with Crippen LogP contribution in [-0.2, 0) is 14.8 Å². The maximum atomic E-state index is 12.7. The van der Waals surface area contributed by atoms with Crippen molar-refractivity contribution in [1.82, 2.24) is 4.31 Å². The van der Waals surface area contributed by atoms with E-state index in [1.54, 1.807) is 18.2 Å². The minimum atomic E-state index is -3.57. The summed E-state index contributed by atoms with van der Waals surface area (Å²) in [6.07, 6.45) is 0.903. The molecule has 0 bridgehead atoms. The lowest BCUT2D eigenvalue weighted by molar-refractivity contribution is 0.181. The molecule has 1 aromatic rings. The number of nitrogens with two attached hydrogens (primary N) is 1. The van der Waals surface area contributed by atoms with Gasteiger partial charge < -0.3 is 10.5 Å². The van der Waals surface area contributed by atoms with E-state index in [0.29, 0.717) is 30.8 Å². The molecule has 1 saturated heterocycles. The van der Waals surface area contributed by atoms with Crippen LogP contribution < -0.4 is 5.73 Å². The molecule has 1 fully saturated rings. The van der Waals surface area contributed by atoms with Gasteiger partial charge in [0.15, 0.2) is 0 Å². The summed E-state index contributed by atoms with van der Waals surface area (Å²) in [5.41, 5.74) is 6.10. The summed E-state index contributed by atoms with van der Waals surface area (Å²) >= 11 is 3.29. The summed E-state index contributed by atoms with van der Waals surface area (Å²) in [5.74, 6) is 0.262. The van der Waals surface area contributed by atoms with E-state index in [2.05, 4.69) is 15.9 Å². The van der Waals surface area contributed by atoms with Crippen molar-refractivity contribution < 1.29 is 13.2 Å². The Morgan fingerprint density at radius 2 is 2.25 bits per heavy atom. The molecule has 0 spiro atoms. The lowest BCUT2D eigenvalue weighted by atomic mass is 10.1. The van der Waals surface area contributed by atoms with Gasteiger partial charge in [-0.25, -0.2) is 8.42 Å². The Morgan fingerprint density at radius 3 is 2.85 bits per heavy atom. The van der Waals surface area contributed by atoms with E-state index in [4.69, 9.17) is 10.5 Å². The summed E-state index contributed by atoms with van der Waals surface area (Å²) in [7, 11) is -3.57. The van der Waals surface area contributed by atoms with E-state index >= 15 is 0 Å². The molecule has 1 aliphatic heterocycles. The van der Waals surface area contributed by atoms with Crippen LogP contribution in [0.15, 0.2) is 27.6 Å². The highest BCUT2D eigenvalue weighted by molar-refractivity contribution is 9.10. The lowest BCUT2D eigenvalue weighted by Crippen LogP contribution is -2.35. The average molecular weight is 363 g/mol.